The molecule has 1 aromatic rings. The van der Waals surface area contributed by atoms with Gasteiger partial charge in [0.2, 0.25) is 0 Å². The molecule has 0 radical (unpaired) electrons. The van der Waals surface area contributed by atoms with Crippen LogP contribution in [0.15, 0.2) is 24.5 Å². The minimum Gasteiger partial charge on any atom is -0.364 e. The van der Waals surface area contributed by atoms with E-state index in [-0.39, 0.29) is 18.1 Å². The predicted octanol–water partition coefficient (Wildman–Crippen LogP) is 0.526. The molecule has 1 aliphatic heterocycles. The summed E-state index contributed by atoms with van der Waals surface area (Å²) >= 11 is 0. The number of carbonyl (C=O) groups excluding carboxylic acids is 1. The van der Waals surface area contributed by atoms with Gasteiger partial charge in [0, 0.05) is 12.7 Å². The number of amides is 1. The van der Waals surface area contributed by atoms with Crippen molar-refractivity contribution in [3.05, 3.63) is 24.5 Å². The number of ether oxygens (including phenoxy) is 1. The minimum absolute atomic E-state index is 0.0182. The quantitative estimate of drug-likeness (QED) is 0.780. The first kappa shape index (κ1) is 11.0. The SMILES string of the molecule is NC[C@H]1CC[C@@H](C(=O)Nc2cccnc2)O1. The van der Waals surface area contributed by atoms with Crippen LogP contribution >= 0.6 is 0 Å². The van der Waals surface area contributed by atoms with Crippen LogP contribution in [-0.2, 0) is 9.53 Å². The normalized spacial score (nSPS) is 24.3. The van der Waals surface area contributed by atoms with E-state index in [1.54, 1.807) is 24.5 Å². The van der Waals surface area contributed by atoms with Gasteiger partial charge < -0.3 is 15.8 Å². The van der Waals surface area contributed by atoms with Crippen LogP contribution in [0.1, 0.15) is 12.8 Å². The Morgan fingerprint density at radius 1 is 1.62 bits per heavy atom. The summed E-state index contributed by atoms with van der Waals surface area (Å²) in [5.74, 6) is -0.121. The second-order valence-corrected chi connectivity index (χ2v) is 3.79. The molecule has 0 saturated carbocycles. The lowest BCUT2D eigenvalue weighted by Gasteiger charge is -2.12. The molecular weight excluding hydrogens is 206 g/mol. The van der Waals surface area contributed by atoms with Crippen molar-refractivity contribution >= 4 is 11.6 Å². The van der Waals surface area contributed by atoms with Gasteiger partial charge >= 0.3 is 0 Å². The molecule has 0 spiro atoms. The smallest absolute Gasteiger partial charge is 0.253 e. The largest absolute Gasteiger partial charge is 0.364 e. The van der Waals surface area contributed by atoms with E-state index in [4.69, 9.17) is 10.5 Å². The molecule has 1 saturated heterocycles. The highest BCUT2D eigenvalue weighted by Gasteiger charge is 2.29. The predicted molar refractivity (Wildman–Crippen MR) is 59.8 cm³/mol. The Bertz CT molecular complexity index is 356. The van der Waals surface area contributed by atoms with E-state index >= 15 is 0 Å². The lowest BCUT2D eigenvalue weighted by atomic mass is 10.2. The number of nitrogens with one attached hydrogen (secondary N) is 1. The Kier molecular flexibility index (Phi) is 3.48. The van der Waals surface area contributed by atoms with Crippen molar-refractivity contribution in [2.24, 2.45) is 5.73 Å². The summed E-state index contributed by atoms with van der Waals surface area (Å²) in [5.41, 5.74) is 6.17. The molecule has 86 valence electrons. The number of nitrogens with two attached hydrogens (primary N) is 1. The van der Waals surface area contributed by atoms with E-state index in [9.17, 15) is 4.79 Å². The molecule has 0 aromatic carbocycles. The highest BCUT2D eigenvalue weighted by molar-refractivity contribution is 5.94. The molecule has 0 bridgehead atoms. The standard InChI is InChI=1S/C11H15N3O2/c12-6-9-3-4-10(16-9)11(15)14-8-2-1-5-13-7-8/h1-2,5,7,9-10H,3-4,6,12H2,(H,14,15)/t9-,10+/m1/s1. The monoisotopic (exact) mass is 221 g/mol. The summed E-state index contributed by atoms with van der Waals surface area (Å²) in [5, 5.41) is 2.76. The Balaban J connectivity index is 1.90. The molecule has 3 N–H and O–H groups in total. The first-order valence-corrected chi connectivity index (χ1v) is 5.36. The molecule has 5 heteroatoms. The van der Waals surface area contributed by atoms with Gasteiger partial charge in [-0.2, -0.15) is 0 Å². The Labute approximate surface area is 94.0 Å². The van der Waals surface area contributed by atoms with Gasteiger partial charge in [-0.1, -0.05) is 0 Å². The average molecular weight is 221 g/mol. The third-order valence-electron chi connectivity index (χ3n) is 2.59. The van der Waals surface area contributed by atoms with Crippen molar-refractivity contribution in [1.29, 1.82) is 0 Å². The van der Waals surface area contributed by atoms with Gasteiger partial charge in [0.15, 0.2) is 0 Å². The van der Waals surface area contributed by atoms with Gasteiger partial charge in [-0.3, -0.25) is 9.78 Å². The molecule has 2 heterocycles. The average Bonchev–Trinajstić information content (AvgIpc) is 2.79. The van der Waals surface area contributed by atoms with Crippen molar-refractivity contribution < 1.29 is 9.53 Å². The highest BCUT2D eigenvalue weighted by Crippen LogP contribution is 2.20. The minimum atomic E-state index is -0.381. The molecule has 5 nitrogen and oxygen atoms in total. The third-order valence-corrected chi connectivity index (χ3v) is 2.59. The topological polar surface area (TPSA) is 77.2 Å². The fourth-order valence-electron chi connectivity index (χ4n) is 1.73. The summed E-state index contributed by atoms with van der Waals surface area (Å²) in [4.78, 5) is 15.7. The van der Waals surface area contributed by atoms with Crippen LogP contribution in [0.4, 0.5) is 5.69 Å². The second-order valence-electron chi connectivity index (χ2n) is 3.79. The van der Waals surface area contributed by atoms with Gasteiger partial charge in [0.25, 0.3) is 5.91 Å². The van der Waals surface area contributed by atoms with Crippen LogP contribution in [0.3, 0.4) is 0 Å². The molecule has 16 heavy (non-hydrogen) atoms. The van der Waals surface area contributed by atoms with Gasteiger partial charge in [-0.05, 0) is 25.0 Å². The van der Waals surface area contributed by atoms with Crippen LogP contribution in [0.5, 0.6) is 0 Å². The zero-order chi connectivity index (χ0) is 11.4. The summed E-state index contributed by atoms with van der Waals surface area (Å²) < 4.78 is 5.49. The first-order valence-electron chi connectivity index (χ1n) is 5.36. The molecular formula is C11H15N3O2. The van der Waals surface area contributed by atoms with E-state index in [1.165, 1.54) is 0 Å². The fraction of sp³-hybridized carbons (Fsp3) is 0.455. The number of rotatable bonds is 3. The maximum absolute atomic E-state index is 11.8. The van der Waals surface area contributed by atoms with E-state index in [0.29, 0.717) is 12.2 Å². The highest BCUT2D eigenvalue weighted by atomic mass is 16.5. The second kappa shape index (κ2) is 5.05. The molecule has 1 fully saturated rings. The number of anilines is 1. The third kappa shape index (κ3) is 2.56. The zero-order valence-electron chi connectivity index (χ0n) is 8.93. The van der Waals surface area contributed by atoms with Crippen molar-refractivity contribution in [2.45, 2.75) is 25.0 Å². The Morgan fingerprint density at radius 3 is 3.12 bits per heavy atom. The Morgan fingerprint density at radius 2 is 2.50 bits per heavy atom. The first-order chi connectivity index (χ1) is 7.79. The van der Waals surface area contributed by atoms with Crippen molar-refractivity contribution in [3.63, 3.8) is 0 Å². The number of aromatic nitrogens is 1. The van der Waals surface area contributed by atoms with Gasteiger partial charge in [0.1, 0.15) is 6.10 Å². The summed E-state index contributed by atoms with van der Waals surface area (Å²) in [6.45, 7) is 0.469. The molecule has 1 aliphatic rings. The van der Waals surface area contributed by atoms with Crippen LogP contribution in [0.25, 0.3) is 0 Å². The summed E-state index contributed by atoms with van der Waals surface area (Å²) in [6, 6.07) is 3.56. The Hall–Kier alpha value is -1.46. The van der Waals surface area contributed by atoms with E-state index in [1.807, 2.05) is 0 Å². The van der Waals surface area contributed by atoms with Crippen LogP contribution < -0.4 is 11.1 Å². The number of nitrogens with zero attached hydrogens (tertiary/aromatic N) is 1. The van der Waals surface area contributed by atoms with Crippen molar-refractivity contribution in [2.75, 3.05) is 11.9 Å². The van der Waals surface area contributed by atoms with Crippen LogP contribution in [-0.4, -0.2) is 29.6 Å². The van der Waals surface area contributed by atoms with Crippen LogP contribution in [0, 0.1) is 0 Å². The molecule has 0 aliphatic carbocycles. The lowest BCUT2D eigenvalue weighted by Crippen LogP contribution is -2.29. The van der Waals surface area contributed by atoms with E-state index in [2.05, 4.69) is 10.3 Å². The van der Waals surface area contributed by atoms with Crippen LogP contribution in [0.2, 0.25) is 0 Å². The molecule has 0 unspecified atom stereocenters. The molecule has 1 amide bonds. The van der Waals surface area contributed by atoms with E-state index in [0.717, 1.165) is 12.8 Å². The lowest BCUT2D eigenvalue weighted by molar-refractivity contribution is -0.126. The number of hydrogen-bond acceptors (Lipinski definition) is 4. The zero-order valence-corrected chi connectivity index (χ0v) is 8.93. The molecule has 2 atom stereocenters. The number of pyridine rings is 1. The number of hydrogen-bond donors (Lipinski definition) is 2. The maximum Gasteiger partial charge on any atom is 0.253 e. The molecule has 1 aromatic heterocycles. The summed E-state index contributed by atoms with van der Waals surface area (Å²) in [7, 11) is 0. The van der Waals surface area contributed by atoms with Crippen molar-refractivity contribution in [1.82, 2.24) is 4.98 Å². The van der Waals surface area contributed by atoms with Gasteiger partial charge in [-0.25, -0.2) is 0 Å². The van der Waals surface area contributed by atoms with Crippen molar-refractivity contribution in [3.8, 4) is 0 Å². The van der Waals surface area contributed by atoms with E-state index < -0.39 is 0 Å². The summed E-state index contributed by atoms with van der Waals surface area (Å²) in [6.07, 6.45) is 4.48. The fourth-order valence-corrected chi connectivity index (χ4v) is 1.73. The number of carbonyl (C=O) groups is 1. The van der Waals surface area contributed by atoms with Gasteiger partial charge in [0.05, 0.1) is 18.0 Å². The maximum atomic E-state index is 11.8. The van der Waals surface area contributed by atoms with Gasteiger partial charge in [-0.15, -0.1) is 0 Å². The molecule has 2 rings (SSSR count).